The van der Waals surface area contributed by atoms with Crippen LogP contribution < -0.4 is 10.3 Å². The van der Waals surface area contributed by atoms with Gasteiger partial charge in [-0.2, -0.15) is 0 Å². The second-order valence-corrected chi connectivity index (χ2v) is 9.03. The maximum Gasteiger partial charge on any atom is 0.276 e. The molecule has 1 aromatic carbocycles. The van der Waals surface area contributed by atoms with Gasteiger partial charge in [0.15, 0.2) is 11.6 Å². The van der Waals surface area contributed by atoms with Crippen molar-refractivity contribution in [2.75, 3.05) is 0 Å². The van der Waals surface area contributed by atoms with Gasteiger partial charge in [-0.1, -0.05) is 13.3 Å². The van der Waals surface area contributed by atoms with Crippen LogP contribution in [0.25, 0.3) is 0 Å². The molecular formula is C17H18F2N2O3S2. The third kappa shape index (κ3) is 3.94. The monoisotopic (exact) mass is 400 g/mol. The van der Waals surface area contributed by atoms with Crippen molar-refractivity contribution in [2.45, 2.75) is 37.5 Å². The first-order chi connectivity index (χ1) is 12.3. The molecule has 0 bridgehead atoms. The third-order valence-corrected chi connectivity index (χ3v) is 6.97. The van der Waals surface area contributed by atoms with Crippen LogP contribution in [0.2, 0.25) is 0 Å². The van der Waals surface area contributed by atoms with Crippen LogP contribution in [-0.4, -0.2) is 14.3 Å². The molecule has 0 radical (unpaired) electrons. The highest BCUT2D eigenvalue weighted by atomic mass is 32.2. The molecule has 0 saturated heterocycles. The number of hydrazine groups is 1. The Morgan fingerprint density at radius 1 is 1.27 bits per heavy atom. The molecule has 9 heteroatoms. The number of rotatable bonds is 5. The van der Waals surface area contributed by atoms with Crippen molar-refractivity contribution in [1.29, 1.82) is 0 Å². The van der Waals surface area contributed by atoms with Gasteiger partial charge in [0.2, 0.25) is 0 Å². The average molecular weight is 400 g/mol. The van der Waals surface area contributed by atoms with E-state index in [0.717, 1.165) is 42.2 Å². The van der Waals surface area contributed by atoms with Crippen molar-refractivity contribution in [3.63, 3.8) is 0 Å². The van der Waals surface area contributed by atoms with Gasteiger partial charge in [-0.05, 0) is 55.0 Å². The Balaban J connectivity index is 1.69. The molecule has 1 aromatic heterocycles. The summed E-state index contributed by atoms with van der Waals surface area (Å²) in [5, 5.41) is 0. The molecule has 0 spiro atoms. The van der Waals surface area contributed by atoms with E-state index >= 15 is 0 Å². The van der Waals surface area contributed by atoms with Gasteiger partial charge in [-0.3, -0.25) is 10.2 Å². The van der Waals surface area contributed by atoms with Crippen LogP contribution in [0.3, 0.4) is 0 Å². The molecule has 0 fully saturated rings. The molecule has 1 aliphatic rings. The lowest BCUT2D eigenvalue weighted by Gasteiger charge is -2.19. The van der Waals surface area contributed by atoms with Gasteiger partial charge >= 0.3 is 0 Å². The summed E-state index contributed by atoms with van der Waals surface area (Å²) in [6, 6.07) is 3.98. The van der Waals surface area contributed by atoms with Crippen LogP contribution in [0, 0.1) is 17.6 Å². The Bertz CT molecular complexity index is 941. The number of hydrogen-bond donors (Lipinski definition) is 2. The molecule has 0 unspecified atom stereocenters. The van der Waals surface area contributed by atoms with E-state index in [1.54, 1.807) is 6.07 Å². The first-order valence-corrected chi connectivity index (χ1v) is 10.5. The summed E-state index contributed by atoms with van der Waals surface area (Å²) in [7, 11) is -4.20. The quantitative estimate of drug-likeness (QED) is 0.757. The Morgan fingerprint density at radius 3 is 2.73 bits per heavy atom. The number of fused-ring (bicyclic) bond motifs is 1. The average Bonchev–Trinajstić information content (AvgIpc) is 3.05. The molecule has 140 valence electrons. The minimum absolute atomic E-state index is 0.416. The highest BCUT2D eigenvalue weighted by Gasteiger charge is 2.23. The summed E-state index contributed by atoms with van der Waals surface area (Å²) in [4.78, 5) is 15.3. The van der Waals surface area contributed by atoms with E-state index in [0.29, 0.717) is 22.9 Å². The van der Waals surface area contributed by atoms with Crippen LogP contribution >= 0.6 is 11.3 Å². The second kappa shape index (κ2) is 7.42. The van der Waals surface area contributed by atoms with Crippen LogP contribution in [-0.2, 0) is 22.9 Å². The first-order valence-electron chi connectivity index (χ1n) is 8.19. The zero-order valence-corrected chi connectivity index (χ0v) is 15.6. The summed E-state index contributed by atoms with van der Waals surface area (Å²) < 4.78 is 50.3. The van der Waals surface area contributed by atoms with Crippen molar-refractivity contribution in [2.24, 2.45) is 5.92 Å². The summed E-state index contributed by atoms with van der Waals surface area (Å²) >= 11 is 1.35. The van der Waals surface area contributed by atoms with Gasteiger partial charge in [0.1, 0.15) is 0 Å². The Labute approximate surface area is 154 Å². The predicted molar refractivity (Wildman–Crippen MR) is 94.3 cm³/mol. The lowest BCUT2D eigenvalue weighted by atomic mass is 9.87. The topological polar surface area (TPSA) is 75.3 Å². The predicted octanol–water partition coefficient (Wildman–Crippen LogP) is 3.16. The maximum atomic E-state index is 13.2. The summed E-state index contributed by atoms with van der Waals surface area (Å²) in [6.07, 6.45) is 4.03. The van der Waals surface area contributed by atoms with Gasteiger partial charge < -0.3 is 0 Å². The number of aryl methyl sites for hydroxylation is 1. The Hall–Kier alpha value is -1.84. The van der Waals surface area contributed by atoms with Crippen molar-refractivity contribution in [1.82, 2.24) is 10.3 Å². The number of amides is 1. The summed E-state index contributed by atoms with van der Waals surface area (Å²) in [5.74, 6) is -2.40. The third-order valence-electron chi connectivity index (χ3n) is 4.49. The van der Waals surface area contributed by atoms with Crippen molar-refractivity contribution >= 4 is 27.3 Å². The van der Waals surface area contributed by atoms with Gasteiger partial charge in [-0.25, -0.2) is 17.2 Å². The Kier molecular flexibility index (Phi) is 5.40. The van der Waals surface area contributed by atoms with Crippen LogP contribution in [0.5, 0.6) is 0 Å². The second-order valence-electron chi connectivity index (χ2n) is 6.21. The number of carbonyl (C=O) groups is 1. The SMILES string of the molecule is CC[C@@H]1CCc2sc(C(=O)NNS(=O)(=O)c3ccc(F)c(F)c3)cc2C1. The highest BCUT2D eigenvalue weighted by molar-refractivity contribution is 7.89. The van der Waals surface area contributed by atoms with Gasteiger partial charge in [0.25, 0.3) is 15.9 Å². The number of carbonyl (C=O) groups excluding carboxylic acids is 1. The van der Waals surface area contributed by atoms with E-state index < -0.39 is 32.5 Å². The van der Waals surface area contributed by atoms with E-state index in [2.05, 4.69) is 12.3 Å². The van der Waals surface area contributed by atoms with E-state index in [4.69, 9.17) is 0 Å². The highest BCUT2D eigenvalue weighted by Crippen LogP contribution is 2.33. The van der Waals surface area contributed by atoms with E-state index in [-0.39, 0.29) is 0 Å². The minimum atomic E-state index is -4.20. The molecular weight excluding hydrogens is 382 g/mol. The van der Waals surface area contributed by atoms with Crippen molar-refractivity contribution < 1.29 is 22.0 Å². The van der Waals surface area contributed by atoms with E-state index in [9.17, 15) is 22.0 Å². The molecule has 26 heavy (non-hydrogen) atoms. The standard InChI is InChI=1S/C17H18F2N2O3S2/c1-2-10-3-6-15-11(7-10)8-16(25-15)17(22)20-21-26(23,24)12-4-5-13(18)14(19)9-12/h4-5,8-10,21H,2-3,6-7H2,1H3,(H,20,22)/t10-/m1/s1. The fourth-order valence-electron chi connectivity index (χ4n) is 2.94. The number of hydrogen-bond acceptors (Lipinski definition) is 4. The number of benzene rings is 1. The number of halogens is 2. The van der Waals surface area contributed by atoms with Crippen molar-refractivity contribution in [3.8, 4) is 0 Å². The molecule has 1 amide bonds. The molecule has 1 aliphatic carbocycles. The fraction of sp³-hybridized carbons (Fsp3) is 0.353. The molecule has 3 rings (SSSR count). The van der Waals surface area contributed by atoms with Crippen LogP contribution in [0.4, 0.5) is 8.78 Å². The smallest absolute Gasteiger partial charge is 0.273 e. The molecule has 5 nitrogen and oxygen atoms in total. The van der Waals surface area contributed by atoms with Crippen LogP contribution in [0.15, 0.2) is 29.2 Å². The summed E-state index contributed by atoms with van der Waals surface area (Å²) in [5.41, 5.74) is 3.26. The largest absolute Gasteiger partial charge is 0.276 e. The zero-order chi connectivity index (χ0) is 18.9. The summed E-state index contributed by atoms with van der Waals surface area (Å²) in [6.45, 7) is 2.14. The van der Waals surface area contributed by atoms with E-state index in [1.807, 2.05) is 4.83 Å². The molecule has 0 aliphatic heterocycles. The van der Waals surface area contributed by atoms with E-state index in [1.165, 1.54) is 11.3 Å². The van der Waals surface area contributed by atoms with Gasteiger partial charge in [0.05, 0.1) is 9.77 Å². The molecule has 2 N–H and O–H groups in total. The zero-order valence-electron chi connectivity index (χ0n) is 14.0. The number of nitrogens with one attached hydrogen (secondary N) is 2. The normalized spacial score (nSPS) is 17.0. The van der Waals surface area contributed by atoms with Crippen LogP contribution in [0.1, 0.15) is 39.9 Å². The Morgan fingerprint density at radius 2 is 2.04 bits per heavy atom. The number of sulfonamides is 1. The van der Waals surface area contributed by atoms with Gasteiger partial charge in [-0.15, -0.1) is 16.2 Å². The molecule has 0 saturated carbocycles. The molecule has 1 heterocycles. The first kappa shape index (κ1) is 18.9. The lowest BCUT2D eigenvalue weighted by molar-refractivity contribution is 0.0949. The number of thiophene rings is 1. The minimum Gasteiger partial charge on any atom is -0.273 e. The lowest BCUT2D eigenvalue weighted by Crippen LogP contribution is -2.41. The molecule has 2 aromatic rings. The van der Waals surface area contributed by atoms with Crippen molar-refractivity contribution in [3.05, 3.63) is 51.2 Å². The fourth-order valence-corrected chi connectivity index (χ4v) is 4.89. The maximum absolute atomic E-state index is 13.2. The molecule has 1 atom stereocenters. The van der Waals surface area contributed by atoms with Gasteiger partial charge in [0, 0.05) is 4.88 Å².